The van der Waals surface area contributed by atoms with Crippen molar-refractivity contribution < 1.29 is 19.1 Å². The van der Waals surface area contributed by atoms with Gasteiger partial charge in [0.2, 0.25) is 5.43 Å². The second kappa shape index (κ2) is 7.70. The van der Waals surface area contributed by atoms with Crippen molar-refractivity contribution in [1.82, 2.24) is 4.57 Å². The second-order valence-corrected chi connectivity index (χ2v) is 8.63. The summed E-state index contributed by atoms with van der Waals surface area (Å²) in [5, 5.41) is 10.8. The molecule has 172 valence electrons. The van der Waals surface area contributed by atoms with Crippen molar-refractivity contribution in [1.29, 1.82) is 0 Å². The number of phenolic OH excluding ortho intramolecular Hbond substituents is 1. The Kier molecular flexibility index (Phi) is 4.60. The van der Waals surface area contributed by atoms with Crippen LogP contribution in [0.15, 0.2) is 87.0 Å². The van der Waals surface area contributed by atoms with Gasteiger partial charge in [0.25, 0.3) is 5.56 Å². The quantitative estimate of drug-likeness (QED) is 0.305. The van der Waals surface area contributed by atoms with Crippen LogP contribution in [0.5, 0.6) is 11.5 Å². The van der Waals surface area contributed by atoms with Crippen molar-refractivity contribution in [3.8, 4) is 22.6 Å². The highest BCUT2D eigenvalue weighted by atomic mass is 16.5. The minimum Gasteiger partial charge on any atom is -0.508 e. The van der Waals surface area contributed by atoms with Crippen LogP contribution in [-0.4, -0.2) is 15.6 Å². The zero-order valence-electron chi connectivity index (χ0n) is 18.6. The maximum absolute atomic E-state index is 13.4. The Morgan fingerprint density at radius 3 is 2.54 bits per heavy atom. The molecule has 0 saturated heterocycles. The fourth-order valence-electron chi connectivity index (χ4n) is 4.86. The first-order valence-corrected chi connectivity index (χ1v) is 11.1. The van der Waals surface area contributed by atoms with Crippen LogP contribution in [-0.2, 0) is 11.8 Å². The molecular formula is C28H19NO6. The van der Waals surface area contributed by atoms with E-state index in [0.717, 1.165) is 10.9 Å². The number of aryl methyl sites for hydroxylation is 1. The van der Waals surface area contributed by atoms with Crippen molar-refractivity contribution in [2.45, 2.75) is 12.3 Å². The smallest absolute Gasteiger partial charge is 0.312 e. The van der Waals surface area contributed by atoms with E-state index >= 15 is 0 Å². The third kappa shape index (κ3) is 3.24. The molecule has 3 heterocycles. The fraction of sp³-hybridized carbons (Fsp3) is 0.107. The van der Waals surface area contributed by atoms with Crippen LogP contribution in [0.3, 0.4) is 0 Å². The summed E-state index contributed by atoms with van der Waals surface area (Å²) in [6.45, 7) is 0. The Hall–Kier alpha value is -4.65. The van der Waals surface area contributed by atoms with Gasteiger partial charge in [-0.1, -0.05) is 30.3 Å². The summed E-state index contributed by atoms with van der Waals surface area (Å²) >= 11 is 0. The first-order chi connectivity index (χ1) is 16.9. The normalized spacial score (nSPS) is 15.2. The number of ether oxygens (including phenoxy) is 1. The summed E-state index contributed by atoms with van der Waals surface area (Å²) in [5.41, 5.74) is 2.44. The number of phenols is 1. The maximum Gasteiger partial charge on any atom is 0.312 e. The number of carbonyl (C=O) groups is 1. The molecule has 5 aromatic rings. The SMILES string of the molecule is Cn1c(=O)c(C2CC(=O)Oc3ccc4c(=O)c(-c5ccc(O)cc5)coc4c32)cc2ccccc21. The van der Waals surface area contributed by atoms with E-state index < -0.39 is 11.9 Å². The standard InChI is InChI=1S/C28H19NO6/c1-29-22-5-3-2-4-16(22)12-20(28(29)33)19-13-24(31)35-23-11-10-18-26(32)21(14-34-27(18)25(19)23)15-6-8-17(30)9-7-15/h2-12,14,19,30H,13H2,1H3. The van der Waals surface area contributed by atoms with Crippen LogP contribution in [0.2, 0.25) is 0 Å². The number of benzene rings is 3. The van der Waals surface area contributed by atoms with Gasteiger partial charge in [0.05, 0.1) is 22.9 Å². The van der Waals surface area contributed by atoms with Gasteiger partial charge in [-0.15, -0.1) is 0 Å². The summed E-state index contributed by atoms with van der Waals surface area (Å²) in [6, 6.07) is 18.7. The lowest BCUT2D eigenvalue weighted by molar-refractivity contribution is -0.135. The number of aromatic nitrogens is 1. The lowest BCUT2D eigenvalue weighted by atomic mass is 9.85. The van der Waals surface area contributed by atoms with Crippen LogP contribution >= 0.6 is 0 Å². The number of hydrogen-bond acceptors (Lipinski definition) is 6. The van der Waals surface area contributed by atoms with Gasteiger partial charge in [-0.3, -0.25) is 14.4 Å². The number of nitrogens with zero attached hydrogens (tertiary/aromatic N) is 1. The third-order valence-corrected chi connectivity index (χ3v) is 6.60. The summed E-state index contributed by atoms with van der Waals surface area (Å²) in [4.78, 5) is 39.3. The molecule has 6 rings (SSSR count). The number of para-hydroxylation sites is 1. The molecule has 0 aliphatic carbocycles. The molecule has 2 aromatic heterocycles. The van der Waals surface area contributed by atoms with E-state index in [9.17, 15) is 19.5 Å². The minimum atomic E-state index is -0.638. The summed E-state index contributed by atoms with van der Waals surface area (Å²) in [7, 11) is 1.70. The zero-order valence-corrected chi connectivity index (χ0v) is 18.6. The fourth-order valence-corrected chi connectivity index (χ4v) is 4.86. The van der Waals surface area contributed by atoms with Crippen LogP contribution in [0.1, 0.15) is 23.5 Å². The first-order valence-electron chi connectivity index (χ1n) is 11.1. The lowest BCUT2D eigenvalue weighted by Crippen LogP contribution is -2.29. The van der Waals surface area contributed by atoms with Crippen molar-refractivity contribution in [3.05, 3.63) is 105 Å². The largest absolute Gasteiger partial charge is 0.508 e. The monoisotopic (exact) mass is 465 g/mol. The summed E-state index contributed by atoms with van der Waals surface area (Å²) < 4.78 is 13.0. The number of aromatic hydroxyl groups is 1. The molecule has 1 atom stereocenters. The van der Waals surface area contributed by atoms with Gasteiger partial charge in [0.1, 0.15) is 23.3 Å². The van der Waals surface area contributed by atoms with E-state index in [0.29, 0.717) is 27.6 Å². The maximum atomic E-state index is 13.4. The van der Waals surface area contributed by atoms with E-state index in [1.807, 2.05) is 24.3 Å². The summed E-state index contributed by atoms with van der Waals surface area (Å²) in [5.74, 6) is -0.731. The van der Waals surface area contributed by atoms with Gasteiger partial charge in [0, 0.05) is 24.1 Å². The van der Waals surface area contributed by atoms with E-state index in [-0.39, 0.29) is 34.5 Å². The highest BCUT2D eigenvalue weighted by molar-refractivity contribution is 5.90. The van der Waals surface area contributed by atoms with Gasteiger partial charge >= 0.3 is 5.97 Å². The molecule has 1 aliphatic rings. The third-order valence-electron chi connectivity index (χ3n) is 6.60. The molecule has 1 aliphatic heterocycles. The molecule has 0 spiro atoms. The minimum absolute atomic E-state index is 0.0525. The molecule has 0 bridgehead atoms. The molecule has 1 unspecified atom stereocenters. The number of esters is 1. The van der Waals surface area contributed by atoms with Crippen LogP contribution < -0.4 is 15.7 Å². The molecule has 3 aromatic carbocycles. The Morgan fingerprint density at radius 2 is 1.74 bits per heavy atom. The highest BCUT2D eigenvalue weighted by Gasteiger charge is 2.34. The number of carbonyl (C=O) groups excluding carboxylic acids is 1. The molecule has 7 heteroatoms. The van der Waals surface area contributed by atoms with Crippen molar-refractivity contribution in [2.24, 2.45) is 7.05 Å². The van der Waals surface area contributed by atoms with Crippen LogP contribution in [0.4, 0.5) is 0 Å². The van der Waals surface area contributed by atoms with Crippen LogP contribution in [0.25, 0.3) is 33.0 Å². The molecule has 35 heavy (non-hydrogen) atoms. The topological polar surface area (TPSA) is 98.7 Å². The summed E-state index contributed by atoms with van der Waals surface area (Å²) in [6.07, 6.45) is 1.31. The predicted octanol–water partition coefficient (Wildman–Crippen LogP) is 4.46. The van der Waals surface area contributed by atoms with Crippen molar-refractivity contribution in [2.75, 3.05) is 0 Å². The number of fused-ring (bicyclic) bond motifs is 4. The van der Waals surface area contributed by atoms with E-state index in [1.165, 1.54) is 18.4 Å². The Balaban J connectivity index is 1.61. The number of pyridine rings is 1. The predicted molar refractivity (Wildman–Crippen MR) is 131 cm³/mol. The lowest BCUT2D eigenvalue weighted by Gasteiger charge is -2.25. The van der Waals surface area contributed by atoms with Gasteiger partial charge in [-0.25, -0.2) is 0 Å². The average molecular weight is 465 g/mol. The van der Waals surface area contributed by atoms with Gasteiger partial charge in [-0.05, 0) is 47.3 Å². The number of hydrogen-bond donors (Lipinski definition) is 1. The van der Waals surface area contributed by atoms with Crippen molar-refractivity contribution in [3.63, 3.8) is 0 Å². The first kappa shape index (κ1) is 20.9. The van der Waals surface area contributed by atoms with E-state index in [1.54, 1.807) is 41.9 Å². The van der Waals surface area contributed by atoms with Gasteiger partial charge in [0.15, 0.2) is 0 Å². The van der Waals surface area contributed by atoms with Gasteiger partial charge in [-0.2, -0.15) is 0 Å². The highest BCUT2D eigenvalue weighted by Crippen LogP contribution is 2.42. The molecule has 1 N–H and O–H groups in total. The molecular weight excluding hydrogens is 446 g/mol. The molecule has 7 nitrogen and oxygen atoms in total. The van der Waals surface area contributed by atoms with Crippen LogP contribution in [0, 0.1) is 0 Å². The van der Waals surface area contributed by atoms with E-state index in [4.69, 9.17) is 9.15 Å². The Morgan fingerprint density at radius 1 is 0.971 bits per heavy atom. The molecule has 0 radical (unpaired) electrons. The molecule has 0 fully saturated rings. The average Bonchev–Trinajstić information content (AvgIpc) is 2.86. The van der Waals surface area contributed by atoms with E-state index in [2.05, 4.69) is 0 Å². The Labute approximate surface area is 198 Å². The Bertz CT molecular complexity index is 1780. The van der Waals surface area contributed by atoms with Crippen molar-refractivity contribution >= 4 is 27.8 Å². The molecule has 0 amide bonds. The second-order valence-electron chi connectivity index (χ2n) is 8.63. The molecule has 0 saturated carbocycles. The van der Waals surface area contributed by atoms with Gasteiger partial charge < -0.3 is 18.8 Å². The number of rotatable bonds is 2. The zero-order chi connectivity index (χ0) is 24.3.